The van der Waals surface area contributed by atoms with Gasteiger partial charge >= 0.3 is 5.97 Å². The van der Waals surface area contributed by atoms with E-state index in [9.17, 15) is 9.59 Å². The van der Waals surface area contributed by atoms with Gasteiger partial charge in [0.25, 0.3) is 0 Å². The molecule has 1 amide bonds. The van der Waals surface area contributed by atoms with Gasteiger partial charge in [-0.3, -0.25) is 9.59 Å². The van der Waals surface area contributed by atoms with E-state index in [0.29, 0.717) is 6.42 Å². The highest BCUT2D eigenvalue weighted by atomic mass is 16.5. The van der Waals surface area contributed by atoms with Crippen LogP contribution in [0.1, 0.15) is 108 Å². The van der Waals surface area contributed by atoms with Crippen LogP contribution in [0, 0.1) is 0 Å². The molecule has 0 bridgehead atoms. The van der Waals surface area contributed by atoms with Gasteiger partial charge in [-0.25, -0.2) is 0 Å². The van der Waals surface area contributed by atoms with Crippen LogP contribution >= 0.6 is 0 Å². The Morgan fingerprint density at radius 3 is 2.00 bits per heavy atom. The van der Waals surface area contributed by atoms with E-state index in [1.807, 2.05) is 0 Å². The third kappa shape index (κ3) is 16.6. The highest BCUT2D eigenvalue weighted by Gasteiger charge is 2.11. The fourth-order valence-electron chi connectivity index (χ4n) is 2.87. The van der Waals surface area contributed by atoms with E-state index < -0.39 is 19.5 Å². The number of nitrogens with zero attached hydrogens (tertiary/aromatic N) is 1. The first-order valence-corrected chi connectivity index (χ1v) is 11.1. The summed E-state index contributed by atoms with van der Waals surface area (Å²) in [6.07, 6.45) is 14.4. The summed E-state index contributed by atoms with van der Waals surface area (Å²) in [5.41, 5.74) is 0. The second kappa shape index (κ2) is 18.8. The molecule has 0 aromatic heterocycles. The fraction of sp³-hybridized carbons (Fsp3) is 0.826. The number of hydrogen-bond acceptors (Lipinski definition) is 4. The van der Waals surface area contributed by atoms with Gasteiger partial charge in [0, 0.05) is 17.5 Å². The second-order valence-corrected chi connectivity index (χ2v) is 7.44. The Balaban J connectivity index is 4.23. The van der Waals surface area contributed by atoms with Crippen molar-refractivity contribution < 1.29 is 18.4 Å². The van der Waals surface area contributed by atoms with Gasteiger partial charge in [-0.15, -0.1) is 0 Å². The molecule has 28 heavy (non-hydrogen) atoms. The van der Waals surface area contributed by atoms with Gasteiger partial charge in [0.1, 0.15) is 12.4 Å². The van der Waals surface area contributed by atoms with Gasteiger partial charge < -0.3 is 15.0 Å². The third-order valence-electron chi connectivity index (χ3n) is 4.67. The first kappa shape index (κ1) is 21.2. The normalized spacial score (nSPS) is 12.6. The van der Waals surface area contributed by atoms with Gasteiger partial charge in [0.05, 0.1) is 6.61 Å². The van der Waals surface area contributed by atoms with Crippen LogP contribution in [0.2, 0.25) is 0 Å². The van der Waals surface area contributed by atoms with Crippen molar-refractivity contribution in [3.63, 3.8) is 0 Å². The lowest BCUT2D eigenvalue weighted by Gasteiger charge is -2.21. The topological polar surface area (TPSA) is 58.6 Å². The van der Waals surface area contributed by atoms with Crippen LogP contribution in [0.15, 0.2) is 12.4 Å². The molecule has 0 spiro atoms. The van der Waals surface area contributed by atoms with Crippen molar-refractivity contribution >= 4 is 11.9 Å². The van der Waals surface area contributed by atoms with Gasteiger partial charge in [0.2, 0.25) is 5.91 Å². The Morgan fingerprint density at radius 2 is 1.43 bits per heavy atom. The number of rotatable bonds is 19. The molecular formula is C23H44N2O3. The zero-order chi connectivity index (χ0) is 23.5. The van der Waals surface area contributed by atoms with E-state index in [0.717, 1.165) is 56.3 Å². The van der Waals surface area contributed by atoms with Crippen LogP contribution < -0.4 is 5.32 Å². The van der Waals surface area contributed by atoms with Crippen LogP contribution in [0.4, 0.5) is 0 Å². The summed E-state index contributed by atoms with van der Waals surface area (Å²) in [4.78, 5) is 25.0. The minimum absolute atomic E-state index is 0.0931. The molecule has 164 valence electrons. The highest BCUT2D eigenvalue weighted by molar-refractivity contribution is 5.78. The van der Waals surface area contributed by atoms with Gasteiger partial charge in [-0.1, -0.05) is 91.1 Å². The molecule has 0 aliphatic rings. The van der Waals surface area contributed by atoms with Crippen molar-refractivity contribution in [3.8, 4) is 0 Å². The van der Waals surface area contributed by atoms with E-state index in [1.54, 1.807) is 0 Å². The van der Waals surface area contributed by atoms with Crippen molar-refractivity contribution in [2.75, 3.05) is 20.1 Å². The zero-order valence-electron chi connectivity index (χ0n) is 21.2. The molecule has 0 fully saturated rings. The summed E-state index contributed by atoms with van der Waals surface area (Å²) in [6, 6.07) is 0. The third-order valence-corrected chi connectivity index (χ3v) is 4.67. The van der Waals surface area contributed by atoms with Crippen LogP contribution in [0.3, 0.4) is 0 Å². The Labute approximate surface area is 177 Å². The first-order valence-electron chi connectivity index (χ1n) is 12.6. The molecule has 0 aliphatic heterocycles. The van der Waals surface area contributed by atoms with Gasteiger partial charge in [-0.2, -0.15) is 0 Å². The van der Waals surface area contributed by atoms with Crippen LogP contribution in [-0.2, 0) is 14.3 Å². The quantitative estimate of drug-likeness (QED) is 0.228. The predicted octanol–water partition coefficient (Wildman–Crippen LogP) is 5.55. The number of hydrogen-bond donors (Lipinski definition) is 1. The van der Waals surface area contributed by atoms with E-state index >= 15 is 0 Å². The van der Waals surface area contributed by atoms with Gasteiger partial charge in [-0.05, 0) is 12.8 Å². The first-order chi connectivity index (χ1) is 14.7. The lowest BCUT2D eigenvalue weighted by atomic mass is 10.1. The van der Waals surface area contributed by atoms with E-state index in [-0.39, 0.29) is 18.3 Å². The maximum absolute atomic E-state index is 12.1. The fourth-order valence-corrected chi connectivity index (χ4v) is 2.87. The maximum atomic E-state index is 12.1. The standard InChI is InChI=1S/C23H44N2O3/c1-5-7-9-11-12-13-14-16-18-22(26)24-21(3)25(4)20-23(27)28-19-17-15-10-8-6-2/h3,5-20H2,1-2,4H3,(H,24,26)/i4D3. The van der Waals surface area contributed by atoms with E-state index in [1.165, 1.54) is 32.1 Å². The second-order valence-electron chi connectivity index (χ2n) is 7.44. The molecule has 0 rings (SSSR count). The molecule has 0 aliphatic carbocycles. The molecule has 0 saturated carbocycles. The molecule has 5 heteroatoms. The average Bonchev–Trinajstić information content (AvgIpc) is 2.69. The van der Waals surface area contributed by atoms with E-state index in [2.05, 4.69) is 25.7 Å². The summed E-state index contributed by atoms with van der Waals surface area (Å²) in [6.45, 7) is 5.19. The molecule has 0 heterocycles. The maximum Gasteiger partial charge on any atom is 0.325 e. The average molecular weight is 400 g/mol. The summed E-state index contributed by atoms with van der Waals surface area (Å²) < 4.78 is 28.1. The number of carbonyl (C=O) groups excluding carboxylic acids is 2. The van der Waals surface area contributed by atoms with Crippen molar-refractivity contribution in [2.45, 2.75) is 104 Å². The summed E-state index contributed by atoms with van der Waals surface area (Å²) in [5.74, 6) is -1.01. The minimum Gasteiger partial charge on any atom is -0.464 e. The number of unbranched alkanes of at least 4 members (excludes halogenated alkanes) is 11. The van der Waals surface area contributed by atoms with Crippen molar-refractivity contribution in [2.24, 2.45) is 0 Å². The van der Waals surface area contributed by atoms with Crippen molar-refractivity contribution in [1.29, 1.82) is 0 Å². The number of amides is 1. The summed E-state index contributed by atoms with van der Waals surface area (Å²) in [5, 5.41) is 2.53. The Bertz CT molecular complexity index is 511. The van der Waals surface area contributed by atoms with Crippen LogP contribution in [0.25, 0.3) is 0 Å². The molecule has 0 unspecified atom stereocenters. The predicted molar refractivity (Wildman–Crippen MR) is 117 cm³/mol. The molecule has 0 saturated heterocycles. The monoisotopic (exact) mass is 399 g/mol. The summed E-state index contributed by atoms with van der Waals surface area (Å²) in [7, 11) is 0. The number of likely N-dealkylation sites (N-methyl/N-ethyl adjacent to an activating group) is 1. The number of esters is 1. The Kier molecular flexibility index (Phi) is 14.3. The van der Waals surface area contributed by atoms with Gasteiger partial charge in [0.15, 0.2) is 0 Å². The number of ether oxygens (including phenoxy) is 1. The molecule has 0 aromatic carbocycles. The number of nitrogens with one attached hydrogen (secondary N) is 1. The van der Waals surface area contributed by atoms with Crippen molar-refractivity contribution in [3.05, 3.63) is 12.4 Å². The molecule has 1 N–H and O–H groups in total. The highest BCUT2D eigenvalue weighted by Crippen LogP contribution is 2.09. The molecule has 0 atom stereocenters. The Hall–Kier alpha value is -1.52. The molecule has 0 aromatic rings. The summed E-state index contributed by atoms with van der Waals surface area (Å²) >= 11 is 0. The number of carbonyl (C=O) groups is 2. The molecule has 5 nitrogen and oxygen atoms in total. The van der Waals surface area contributed by atoms with E-state index in [4.69, 9.17) is 8.85 Å². The Morgan fingerprint density at radius 1 is 0.893 bits per heavy atom. The smallest absolute Gasteiger partial charge is 0.325 e. The minimum atomic E-state index is -2.59. The van der Waals surface area contributed by atoms with Crippen LogP contribution in [0.5, 0.6) is 0 Å². The molecule has 0 radical (unpaired) electrons. The lowest BCUT2D eigenvalue weighted by Crippen LogP contribution is -2.35. The lowest BCUT2D eigenvalue weighted by molar-refractivity contribution is -0.144. The largest absolute Gasteiger partial charge is 0.464 e. The van der Waals surface area contributed by atoms with Crippen molar-refractivity contribution in [1.82, 2.24) is 10.2 Å². The SMILES string of the molecule is [2H]C([2H])([2H])N(CC(=O)OCCCCCCC)C(=C)NC(=O)CCCCCCCCCC. The molecular weight excluding hydrogens is 352 g/mol. The van der Waals surface area contributed by atoms with Crippen LogP contribution in [-0.4, -0.2) is 36.9 Å². The zero-order valence-corrected chi connectivity index (χ0v) is 18.2.